The number of amides is 1. The average Bonchev–Trinajstić information content (AvgIpc) is 3.27. The number of nitro benzene ring substituents is 1. The number of aromatic nitrogens is 2. The minimum Gasteiger partial charge on any atom is -0.319 e. The average molecular weight is 354 g/mol. The van der Waals surface area contributed by atoms with Crippen LogP contribution in [0.3, 0.4) is 0 Å². The van der Waals surface area contributed by atoms with E-state index in [1.54, 1.807) is 0 Å². The maximum absolute atomic E-state index is 12.8. The zero-order valence-corrected chi connectivity index (χ0v) is 12.8. The second-order valence-electron chi connectivity index (χ2n) is 5.71. The summed E-state index contributed by atoms with van der Waals surface area (Å²) in [5.74, 6) is -0.726. The van der Waals surface area contributed by atoms with Crippen LogP contribution in [-0.4, -0.2) is 20.6 Å². The normalized spacial score (nSPS) is 14.4. The van der Waals surface area contributed by atoms with E-state index < -0.39 is 29.2 Å². The van der Waals surface area contributed by atoms with Crippen LogP contribution < -0.4 is 5.32 Å². The van der Waals surface area contributed by atoms with Gasteiger partial charge in [-0.25, -0.2) is 0 Å². The summed E-state index contributed by atoms with van der Waals surface area (Å²) in [7, 11) is 0. The molecule has 1 amide bonds. The monoisotopic (exact) mass is 354 g/mol. The summed E-state index contributed by atoms with van der Waals surface area (Å²) >= 11 is 0. The van der Waals surface area contributed by atoms with Gasteiger partial charge in [0.15, 0.2) is 5.69 Å². The Kier molecular flexibility index (Phi) is 4.19. The van der Waals surface area contributed by atoms with Gasteiger partial charge in [0.05, 0.1) is 4.92 Å². The maximum atomic E-state index is 12.8. The Morgan fingerprint density at radius 3 is 2.64 bits per heavy atom. The van der Waals surface area contributed by atoms with Crippen molar-refractivity contribution in [3.05, 3.63) is 51.8 Å². The van der Waals surface area contributed by atoms with Crippen molar-refractivity contribution in [2.75, 3.05) is 5.32 Å². The van der Waals surface area contributed by atoms with E-state index in [-0.39, 0.29) is 17.3 Å². The zero-order chi connectivity index (χ0) is 18.2. The Balaban J connectivity index is 1.80. The van der Waals surface area contributed by atoms with E-state index in [0.717, 1.165) is 23.6 Å². The number of hydrogen-bond acceptors (Lipinski definition) is 4. The molecule has 1 aromatic carbocycles. The molecule has 132 valence electrons. The van der Waals surface area contributed by atoms with Crippen LogP contribution in [0.2, 0.25) is 0 Å². The molecule has 1 aromatic heterocycles. The Morgan fingerprint density at radius 1 is 1.36 bits per heavy atom. The zero-order valence-electron chi connectivity index (χ0n) is 12.8. The van der Waals surface area contributed by atoms with Crippen molar-refractivity contribution in [2.45, 2.75) is 31.5 Å². The number of anilines is 1. The summed E-state index contributed by atoms with van der Waals surface area (Å²) in [4.78, 5) is 22.4. The molecule has 0 radical (unpaired) electrons. The second kappa shape index (κ2) is 6.19. The van der Waals surface area contributed by atoms with Gasteiger partial charge in [-0.1, -0.05) is 12.1 Å². The van der Waals surface area contributed by atoms with Crippen LogP contribution in [0, 0.1) is 10.1 Å². The van der Waals surface area contributed by atoms with Crippen molar-refractivity contribution in [1.29, 1.82) is 0 Å². The fourth-order valence-electron chi connectivity index (χ4n) is 2.47. The second-order valence-corrected chi connectivity index (χ2v) is 5.71. The number of carbonyl (C=O) groups is 1. The van der Waals surface area contributed by atoms with Crippen molar-refractivity contribution < 1.29 is 22.9 Å². The van der Waals surface area contributed by atoms with Crippen LogP contribution in [-0.2, 0) is 17.5 Å². The van der Waals surface area contributed by atoms with Gasteiger partial charge in [0.1, 0.15) is 12.2 Å². The Bertz CT molecular complexity index is 828. The van der Waals surface area contributed by atoms with E-state index in [9.17, 15) is 28.1 Å². The molecule has 0 aliphatic heterocycles. The van der Waals surface area contributed by atoms with Gasteiger partial charge in [-0.05, 0) is 25.0 Å². The first-order valence-corrected chi connectivity index (χ1v) is 7.44. The lowest BCUT2D eigenvalue weighted by Crippen LogP contribution is -2.21. The van der Waals surface area contributed by atoms with Gasteiger partial charge in [-0.15, -0.1) is 0 Å². The van der Waals surface area contributed by atoms with Crippen LogP contribution in [0.15, 0.2) is 30.3 Å². The number of carbonyl (C=O) groups excluding carboxylic acids is 1. The molecule has 0 unspecified atom stereocenters. The Morgan fingerprint density at radius 2 is 2.04 bits per heavy atom. The Hall–Kier alpha value is -2.91. The first-order valence-electron chi connectivity index (χ1n) is 7.44. The van der Waals surface area contributed by atoms with Gasteiger partial charge in [0.2, 0.25) is 5.91 Å². The molecule has 1 N–H and O–H groups in total. The highest BCUT2D eigenvalue weighted by Gasteiger charge is 2.38. The third kappa shape index (κ3) is 3.78. The van der Waals surface area contributed by atoms with Gasteiger partial charge in [-0.2, -0.15) is 18.3 Å². The van der Waals surface area contributed by atoms with Gasteiger partial charge in [-0.3, -0.25) is 19.6 Å². The molecular formula is C15H13F3N4O3. The molecule has 1 aliphatic rings. The summed E-state index contributed by atoms with van der Waals surface area (Å²) in [6.45, 7) is -0.450. The Labute approximate surface area is 139 Å². The van der Waals surface area contributed by atoms with Crippen LogP contribution >= 0.6 is 0 Å². The molecule has 1 heterocycles. The van der Waals surface area contributed by atoms with E-state index in [4.69, 9.17) is 0 Å². The van der Waals surface area contributed by atoms with Crippen molar-refractivity contribution in [2.24, 2.45) is 0 Å². The smallest absolute Gasteiger partial charge is 0.319 e. The molecule has 0 bridgehead atoms. The van der Waals surface area contributed by atoms with E-state index in [0.29, 0.717) is 5.69 Å². The fraction of sp³-hybridized carbons (Fsp3) is 0.333. The lowest BCUT2D eigenvalue weighted by molar-refractivity contribution is -0.383. The van der Waals surface area contributed by atoms with E-state index >= 15 is 0 Å². The number of para-hydroxylation sites is 2. The van der Waals surface area contributed by atoms with Gasteiger partial charge >= 0.3 is 6.18 Å². The molecule has 0 atom stereocenters. The predicted octanol–water partition coefficient (Wildman–Crippen LogP) is 3.33. The number of nitro groups is 1. The number of halogens is 3. The highest BCUT2D eigenvalue weighted by Crippen LogP contribution is 2.42. The standard InChI is InChI=1S/C15H13F3N4O3/c16-15(17,18)13-7-12(9-5-6-9)21(20-13)8-14(23)19-10-3-1-2-4-11(10)22(24)25/h1-4,7,9H,5-6,8H2,(H,19,23). The largest absolute Gasteiger partial charge is 0.435 e. The van der Waals surface area contributed by atoms with Crippen LogP contribution in [0.5, 0.6) is 0 Å². The lowest BCUT2D eigenvalue weighted by Gasteiger charge is -2.08. The van der Waals surface area contributed by atoms with Crippen LogP contribution in [0.25, 0.3) is 0 Å². The summed E-state index contributed by atoms with van der Waals surface area (Å²) < 4.78 is 39.5. The molecule has 25 heavy (non-hydrogen) atoms. The highest BCUT2D eigenvalue weighted by atomic mass is 19.4. The van der Waals surface area contributed by atoms with Crippen molar-refractivity contribution in [3.63, 3.8) is 0 Å². The van der Waals surface area contributed by atoms with Crippen molar-refractivity contribution in [3.8, 4) is 0 Å². The predicted molar refractivity (Wildman–Crippen MR) is 80.9 cm³/mol. The van der Waals surface area contributed by atoms with Gasteiger partial charge in [0, 0.05) is 17.7 Å². The molecule has 10 heteroatoms. The number of nitrogens with one attached hydrogen (secondary N) is 1. The highest BCUT2D eigenvalue weighted by molar-refractivity contribution is 5.92. The van der Waals surface area contributed by atoms with Crippen LogP contribution in [0.4, 0.5) is 24.5 Å². The number of hydrogen-bond donors (Lipinski definition) is 1. The first-order chi connectivity index (χ1) is 11.8. The minimum atomic E-state index is -4.59. The molecule has 1 aliphatic carbocycles. The number of alkyl halides is 3. The van der Waals surface area contributed by atoms with Gasteiger partial charge < -0.3 is 5.32 Å². The molecular weight excluding hydrogens is 341 g/mol. The first kappa shape index (κ1) is 16.9. The molecule has 0 saturated heterocycles. The third-order valence-corrected chi connectivity index (χ3v) is 3.77. The quantitative estimate of drug-likeness (QED) is 0.659. The summed E-state index contributed by atoms with van der Waals surface area (Å²) in [5.41, 5.74) is -1.01. The number of rotatable bonds is 5. The number of nitrogens with zero attached hydrogens (tertiary/aromatic N) is 3. The van der Waals surface area contributed by atoms with E-state index in [2.05, 4.69) is 10.4 Å². The van der Waals surface area contributed by atoms with Crippen molar-refractivity contribution >= 4 is 17.3 Å². The molecule has 1 fully saturated rings. The molecule has 1 saturated carbocycles. The minimum absolute atomic E-state index is 0.0197. The topological polar surface area (TPSA) is 90.1 Å². The molecule has 0 spiro atoms. The van der Waals surface area contributed by atoms with E-state index in [1.165, 1.54) is 24.3 Å². The van der Waals surface area contributed by atoms with Gasteiger partial charge in [0.25, 0.3) is 5.69 Å². The fourth-order valence-corrected chi connectivity index (χ4v) is 2.47. The molecule has 3 rings (SSSR count). The summed E-state index contributed by atoms with van der Waals surface area (Å²) in [6.07, 6.45) is -3.10. The van der Waals surface area contributed by atoms with Crippen molar-refractivity contribution in [1.82, 2.24) is 9.78 Å². The lowest BCUT2D eigenvalue weighted by atomic mass is 10.2. The summed E-state index contributed by atoms with van der Waals surface area (Å²) in [5, 5.41) is 16.8. The summed E-state index contributed by atoms with van der Waals surface area (Å²) in [6, 6.07) is 6.48. The molecule has 7 nitrogen and oxygen atoms in total. The number of benzene rings is 1. The maximum Gasteiger partial charge on any atom is 0.435 e. The van der Waals surface area contributed by atoms with Crippen LogP contribution in [0.1, 0.15) is 30.1 Å². The molecule has 2 aromatic rings. The SMILES string of the molecule is O=C(Cn1nc(C(F)(F)F)cc1C1CC1)Nc1ccccc1[N+](=O)[O-]. The van der Waals surface area contributed by atoms with E-state index in [1.807, 2.05) is 0 Å². The third-order valence-electron chi connectivity index (χ3n) is 3.77.